The Hall–Kier alpha value is -3.51. The van der Waals surface area contributed by atoms with Gasteiger partial charge in [0.05, 0.1) is 25.6 Å². The summed E-state index contributed by atoms with van der Waals surface area (Å²) in [7, 11) is -4.25. The fraction of sp³-hybridized carbons (Fsp3) is 0.462. The number of aromatic nitrogens is 2. The van der Waals surface area contributed by atoms with Gasteiger partial charge in [0.1, 0.15) is 4.90 Å². The van der Waals surface area contributed by atoms with Crippen LogP contribution in [0.5, 0.6) is 0 Å². The van der Waals surface area contributed by atoms with Gasteiger partial charge in [0.2, 0.25) is 0 Å². The summed E-state index contributed by atoms with van der Waals surface area (Å²) in [5, 5.41) is 9.56. The zero-order valence-corrected chi connectivity index (χ0v) is 22.4. The van der Waals surface area contributed by atoms with Crippen molar-refractivity contribution in [2.75, 3.05) is 25.1 Å². The first-order chi connectivity index (χ1) is 18.2. The van der Waals surface area contributed by atoms with Crippen LogP contribution in [0.1, 0.15) is 60.2 Å². The number of urea groups is 1. The van der Waals surface area contributed by atoms with Crippen molar-refractivity contribution in [2.24, 2.45) is 0 Å². The Bertz CT molecular complexity index is 1430. The molecule has 3 N–H and O–H groups in total. The number of aryl methyl sites for hydroxylation is 2. The summed E-state index contributed by atoms with van der Waals surface area (Å²) in [4.78, 5) is 38.9. The van der Waals surface area contributed by atoms with Gasteiger partial charge < -0.3 is 10.2 Å². The molecule has 1 aromatic heterocycles. The Morgan fingerprint density at radius 2 is 1.76 bits per heavy atom. The van der Waals surface area contributed by atoms with E-state index in [1.54, 1.807) is 4.90 Å². The van der Waals surface area contributed by atoms with Crippen molar-refractivity contribution in [1.82, 2.24) is 24.7 Å². The van der Waals surface area contributed by atoms with Crippen LogP contribution in [0.15, 0.2) is 34.5 Å². The summed E-state index contributed by atoms with van der Waals surface area (Å²) in [6, 6.07) is 1.39. The first kappa shape index (κ1) is 26.1. The fourth-order valence-electron chi connectivity index (χ4n) is 5.66. The number of benzene rings is 1. The molecule has 202 valence electrons. The van der Waals surface area contributed by atoms with Gasteiger partial charge in [0.25, 0.3) is 21.8 Å². The standard InChI is InChI=1S/C26H32N6O5S/c1-3-20-16(2)13-31(25(20)34)15-27-12-23(33)32-14-19(11-28-32)38(36,37)30-26(35)29-24-21-8-4-6-17(21)10-18-7-5-9-22(18)24/h10-11,14,27H,3-9,12-13,15H2,1-2H3,(H2,29,30,35). The normalized spacial score (nSPS) is 16.7. The molecule has 38 heavy (non-hydrogen) atoms. The molecule has 2 heterocycles. The molecule has 2 aromatic rings. The van der Waals surface area contributed by atoms with Crippen LogP contribution in [0.25, 0.3) is 0 Å². The molecule has 0 radical (unpaired) electrons. The molecule has 0 fully saturated rings. The summed E-state index contributed by atoms with van der Waals surface area (Å²) in [5.41, 5.74) is 7.19. The van der Waals surface area contributed by atoms with E-state index in [0.29, 0.717) is 13.0 Å². The second kappa shape index (κ2) is 10.3. The van der Waals surface area contributed by atoms with Crippen LogP contribution < -0.4 is 15.4 Å². The molecule has 3 aliphatic rings. The summed E-state index contributed by atoms with van der Waals surface area (Å²) >= 11 is 0. The molecule has 2 aliphatic carbocycles. The Morgan fingerprint density at radius 3 is 2.39 bits per heavy atom. The molecule has 1 aromatic carbocycles. The number of hydrogen-bond donors (Lipinski definition) is 3. The van der Waals surface area contributed by atoms with Gasteiger partial charge in [-0.1, -0.05) is 13.0 Å². The minimum Gasteiger partial charge on any atom is -0.322 e. The summed E-state index contributed by atoms with van der Waals surface area (Å²) in [6.07, 6.45) is 8.42. The zero-order chi connectivity index (χ0) is 27.0. The van der Waals surface area contributed by atoms with Crippen molar-refractivity contribution in [1.29, 1.82) is 0 Å². The number of hydrogen-bond acceptors (Lipinski definition) is 7. The van der Waals surface area contributed by atoms with Gasteiger partial charge in [-0.25, -0.2) is 22.6 Å². The lowest BCUT2D eigenvalue weighted by molar-refractivity contribution is -0.125. The van der Waals surface area contributed by atoms with Gasteiger partial charge in [0, 0.05) is 17.8 Å². The smallest absolute Gasteiger partial charge is 0.322 e. The third kappa shape index (κ3) is 4.97. The maximum atomic E-state index is 12.8. The van der Waals surface area contributed by atoms with Crippen molar-refractivity contribution < 1.29 is 22.8 Å². The predicted molar refractivity (Wildman–Crippen MR) is 140 cm³/mol. The molecule has 0 spiro atoms. The van der Waals surface area contributed by atoms with Crippen molar-refractivity contribution >= 4 is 33.6 Å². The molecule has 5 rings (SSSR count). The summed E-state index contributed by atoms with van der Waals surface area (Å²) < 4.78 is 28.7. The van der Waals surface area contributed by atoms with Crippen molar-refractivity contribution in [2.45, 2.75) is 63.7 Å². The average molecular weight is 541 g/mol. The number of nitrogens with one attached hydrogen (secondary N) is 3. The minimum atomic E-state index is -4.25. The van der Waals surface area contributed by atoms with E-state index in [1.165, 1.54) is 11.1 Å². The SMILES string of the molecule is CCC1=C(C)CN(CNCC(=O)n2cc(S(=O)(=O)NC(=O)Nc3c4c(cc5c3CCC5)CCC4)cn2)C1=O. The Balaban J connectivity index is 1.18. The predicted octanol–water partition coefficient (Wildman–Crippen LogP) is 2.13. The highest BCUT2D eigenvalue weighted by molar-refractivity contribution is 7.90. The first-order valence-electron chi connectivity index (χ1n) is 12.9. The average Bonchev–Trinajstić information content (AvgIpc) is 3.66. The van der Waals surface area contributed by atoms with Crippen molar-refractivity contribution in [3.63, 3.8) is 0 Å². The third-order valence-corrected chi connectivity index (χ3v) is 8.77. The highest BCUT2D eigenvalue weighted by Crippen LogP contribution is 2.38. The molecule has 0 bridgehead atoms. The topological polar surface area (TPSA) is 142 Å². The maximum Gasteiger partial charge on any atom is 0.333 e. The van der Waals surface area contributed by atoms with E-state index in [9.17, 15) is 22.8 Å². The molecular formula is C26H32N6O5S. The van der Waals surface area contributed by atoms with Crippen molar-refractivity contribution in [3.8, 4) is 0 Å². The lowest BCUT2D eigenvalue weighted by Crippen LogP contribution is -2.39. The quantitative estimate of drug-likeness (QED) is 0.466. The van der Waals surface area contributed by atoms with E-state index < -0.39 is 22.0 Å². The summed E-state index contributed by atoms with van der Waals surface area (Å²) in [6.45, 7) is 4.39. The van der Waals surface area contributed by atoms with Gasteiger partial charge in [-0.15, -0.1) is 0 Å². The molecule has 0 unspecified atom stereocenters. The van der Waals surface area contributed by atoms with Crippen LogP contribution in [-0.2, 0) is 40.5 Å². The number of rotatable bonds is 8. The highest BCUT2D eigenvalue weighted by atomic mass is 32.2. The first-order valence-corrected chi connectivity index (χ1v) is 14.4. The van der Waals surface area contributed by atoms with Crippen LogP contribution in [-0.4, -0.2) is 60.7 Å². The van der Waals surface area contributed by atoms with Crippen LogP contribution in [0.4, 0.5) is 10.5 Å². The Kier molecular flexibility index (Phi) is 7.10. The summed E-state index contributed by atoms with van der Waals surface area (Å²) in [5.74, 6) is -0.550. The number of anilines is 1. The van der Waals surface area contributed by atoms with E-state index in [0.717, 1.165) is 83.6 Å². The number of fused-ring (bicyclic) bond motifs is 2. The van der Waals surface area contributed by atoms with E-state index in [2.05, 4.69) is 21.8 Å². The lowest BCUT2D eigenvalue weighted by Gasteiger charge is -2.17. The third-order valence-electron chi connectivity index (χ3n) is 7.48. The van der Waals surface area contributed by atoms with Gasteiger partial charge in [-0.05, 0) is 79.7 Å². The minimum absolute atomic E-state index is 0.0489. The monoisotopic (exact) mass is 540 g/mol. The molecule has 0 saturated heterocycles. The van der Waals surface area contributed by atoms with Gasteiger partial charge in [-0.2, -0.15) is 5.10 Å². The number of carbonyl (C=O) groups excluding carboxylic acids is 3. The number of carbonyl (C=O) groups is 3. The van der Waals surface area contributed by atoms with Crippen LogP contribution >= 0.6 is 0 Å². The molecule has 3 amide bonds. The fourth-order valence-corrected chi connectivity index (χ4v) is 6.49. The number of sulfonamides is 1. The molecule has 12 heteroatoms. The lowest BCUT2D eigenvalue weighted by atomic mass is 9.99. The number of nitrogens with zero attached hydrogens (tertiary/aromatic N) is 3. The molecule has 0 atom stereocenters. The highest BCUT2D eigenvalue weighted by Gasteiger charge is 2.28. The van der Waals surface area contributed by atoms with Crippen LogP contribution in [0.2, 0.25) is 0 Å². The van der Waals surface area contributed by atoms with E-state index in [4.69, 9.17) is 0 Å². The maximum absolute atomic E-state index is 12.8. The van der Waals surface area contributed by atoms with E-state index >= 15 is 0 Å². The van der Waals surface area contributed by atoms with E-state index in [1.807, 2.05) is 18.6 Å². The second-order valence-corrected chi connectivity index (χ2v) is 11.7. The van der Waals surface area contributed by atoms with Gasteiger partial charge in [-0.3, -0.25) is 14.9 Å². The molecular weight excluding hydrogens is 508 g/mol. The largest absolute Gasteiger partial charge is 0.333 e. The molecule has 1 aliphatic heterocycles. The Morgan fingerprint density at radius 1 is 1.08 bits per heavy atom. The second-order valence-electron chi connectivity index (χ2n) is 10.0. The van der Waals surface area contributed by atoms with E-state index in [-0.39, 0.29) is 24.0 Å². The van der Waals surface area contributed by atoms with Gasteiger partial charge in [0.15, 0.2) is 0 Å². The van der Waals surface area contributed by atoms with Gasteiger partial charge >= 0.3 is 6.03 Å². The molecule has 11 nitrogen and oxygen atoms in total. The van der Waals surface area contributed by atoms with Crippen LogP contribution in [0.3, 0.4) is 0 Å². The van der Waals surface area contributed by atoms with Crippen LogP contribution in [0, 0.1) is 0 Å². The zero-order valence-electron chi connectivity index (χ0n) is 21.6. The molecule has 0 saturated carbocycles. The Labute approximate surface area is 221 Å². The van der Waals surface area contributed by atoms with Crippen molar-refractivity contribution in [3.05, 3.63) is 51.9 Å². The number of amides is 3.